The SMILES string of the molecule is CC(=O)N1CCN(c2ccc(CN(C(=O)c3ccccc3)C3CCC3)c(F)c2)CC1. The van der Waals surface area contributed by atoms with E-state index in [4.69, 9.17) is 0 Å². The van der Waals surface area contributed by atoms with Crippen molar-refractivity contribution in [1.82, 2.24) is 9.80 Å². The Morgan fingerprint density at radius 3 is 2.30 bits per heavy atom. The van der Waals surface area contributed by atoms with Crippen LogP contribution in [-0.4, -0.2) is 53.8 Å². The number of halogens is 1. The highest BCUT2D eigenvalue weighted by Gasteiger charge is 2.30. The molecule has 2 aromatic carbocycles. The fourth-order valence-electron chi connectivity index (χ4n) is 4.14. The lowest BCUT2D eigenvalue weighted by molar-refractivity contribution is -0.129. The lowest BCUT2D eigenvalue weighted by Crippen LogP contribution is -2.48. The topological polar surface area (TPSA) is 43.9 Å². The molecule has 2 amide bonds. The largest absolute Gasteiger partial charge is 0.368 e. The Kier molecular flexibility index (Phi) is 6.02. The number of carbonyl (C=O) groups is 2. The molecule has 0 spiro atoms. The fourth-order valence-corrected chi connectivity index (χ4v) is 4.14. The molecule has 0 bridgehead atoms. The lowest BCUT2D eigenvalue weighted by atomic mass is 9.90. The molecular formula is C24H28FN3O2. The Morgan fingerprint density at radius 2 is 1.73 bits per heavy atom. The number of rotatable bonds is 5. The van der Waals surface area contributed by atoms with E-state index < -0.39 is 0 Å². The van der Waals surface area contributed by atoms with E-state index in [0.29, 0.717) is 37.3 Å². The summed E-state index contributed by atoms with van der Waals surface area (Å²) in [6.07, 6.45) is 3.05. The summed E-state index contributed by atoms with van der Waals surface area (Å²) in [7, 11) is 0. The van der Waals surface area contributed by atoms with Crippen LogP contribution >= 0.6 is 0 Å². The van der Waals surface area contributed by atoms with Crippen LogP contribution in [0, 0.1) is 5.82 Å². The highest BCUT2D eigenvalue weighted by atomic mass is 19.1. The molecule has 1 heterocycles. The van der Waals surface area contributed by atoms with Crippen molar-refractivity contribution in [3.8, 4) is 0 Å². The molecule has 5 nitrogen and oxygen atoms in total. The molecule has 2 aliphatic rings. The minimum absolute atomic E-state index is 0.0378. The highest BCUT2D eigenvalue weighted by Crippen LogP contribution is 2.29. The van der Waals surface area contributed by atoms with Gasteiger partial charge in [-0.05, 0) is 43.5 Å². The average molecular weight is 410 g/mol. The maximum Gasteiger partial charge on any atom is 0.254 e. The van der Waals surface area contributed by atoms with Gasteiger partial charge in [-0.15, -0.1) is 0 Å². The van der Waals surface area contributed by atoms with Crippen molar-refractivity contribution < 1.29 is 14.0 Å². The summed E-state index contributed by atoms with van der Waals surface area (Å²) in [6.45, 7) is 4.55. The quantitative estimate of drug-likeness (QED) is 0.757. The fraction of sp³-hybridized carbons (Fsp3) is 0.417. The highest BCUT2D eigenvalue weighted by molar-refractivity contribution is 5.94. The molecule has 6 heteroatoms. The number of benzene rings is 2. The molecule has 0 radical (unpaired) electrons. The van der Waals surface area contributed by atoms with Crippen molar-refractivity contribution in [3.63, 3.8) is 0 Å². The summed E-state index contributed by atoms with van der Waals surface area (Å²) < 4.78 is 15.0. The van der Waals surface area contributed by atoms with Crippen LogP contribution in [0.5, 0.6) is 0 Å². The molecule has 2 fully saturated rings. The van der Waals surface area contributed by atoms with Crippen LogP contribution in [0.15, 0.2) is 48.5 Å². The molecule has 1 saturated carbocycles. The van der Waals surface area contributed by atoms with Crippen molar-refractivity contribution in [1.29, 1.82) is 0 Å². The summed E-state index contributed by atoms with van der Waals surface area (Å²) in [5, 5.41) is 0. The van der Waals surface area contributed by atoms with Gasteiger partial charge in [0, 0.05) is 62.5 Å². The third kappa shape index (κ3) is 4.32. The standard InChI is InChI=1S/C24H28FN3O2/c1-18(29)26-12-14-27(15-13-26)22-11-10-20(23(25)16-22)17-28(21-8-5-9-21)24(30)19-6-3-2-4-7-19/h2-4,6-7,10-11,16,21H,5,8-9,12-15,17H2,1H3. The smallest absolute Gasteiger partial charge is 0.254 e. The molecule has 158 valence electrons. The molecule has 2 aromatic rings. The van der Waals surface area contributed by atoms with Crippen molar-refractivity contribution in [2.24, 2.45) is 0 Å². The van der Waals surface area contributed by atoms with E-state index >= 15 is 0 Å². The molecule has 0 unspecified atom stereocenters. The van der Waals surface area contributed by atoms with E-state index in [1.807, 2.05) is 46.2 Å². The molecule has 1 aliphatic heterocycles. The van der Waals surface area contributed by atoms with Crippen LogP contribution in [0.3, 0.4) is 0 Å². The summed E-state index contributed by atoms with van der Waals surface area (Å²) in [5.41, 5.74) is 2.01. The molecule has 0 N–H and O–H groups in total. The number of piperazine rings is 1. The van der Waals surface area contributed by atoms with Crippen LogP contribution in [0.4, 0.5) is 10.1 Å². The summed E-state index contributed by atoms with van der Waals surface area (Å²) in [5.74, 6) is -0.244. The summed E-state index contributed by atoms with van der Waals surface area (Å²) in [4.78, 5) is 30.3. The number of carbonyl (C=O) groups excluding carboxylic acids is 2. The molecule has 4 rings (SSSR count). The maximum absolute atomic E-state index is 15.0. The number of hydrogen-bond donors (Lipinski definition) is 0. The van der Waals surface area contributed by atoms with E-state index in [1.54, 1.807) is 19.1 Å². The van der Waals surface area contributed by atoms with E-state index in [-0.39, 0.29) is 30.2 Å². The Hall–Kier alpha value is -2.89. The molecule has 30 heavy (non-hydrogen) atoms. The number of nitrogens with zero attached hydrogens (tertiary/aromatic N) is 3. The first-order valence-corrected chi connectivity index (χ1v) is 10.7. The van der Waals surface area contributed by atoms with Gasteiger partial charge in [-0.25, -0.2) is 4.39 Å². The predicted octanol–water partition coefficient (Wildman–Crippen LogP) is 3.69. The zero-order valence-electron chi connectivity index (χ0n) is 17.4. The van der Waals surface area contributed by atoms with Gasteiger partial charge in [0.15, 0.2) is 0 Å². The van der Waals surface area contributed by atoms with Gasteiger partial charge in [-0.3, -0.25) is 9.59 Å². The average Bonchev–Trinajstić information content (AvgIpc) is 2.73. The summed E-state index contributed by atoms with van der Waals surface area (Å²) in [6, 6.07) is 14.7. The van der Waals surface area contributed by atoms with Crippen LogP contribution in [0.25, 0.3) is 0 Å². The lowest BCUT2D eigenvalue weighted by Gasteiger charge is -2.38. The first-order valence-electron chi connectivity index (χ1n) is 10.7. The molecule has 0 atom stereocenters. The van der Waals surface area contributed by atoms with Gasteiger partial charge in [-0.1, -0.05) is 24.3 Å². The number of anilines is 1. The van der Waals surface area contributed by atoms with Gasteiger partial charge in [0.2, 0.25) is 5.91 Å². The second-order valence-corrected chi connectivity index (χ2v) is 8.15. The first kappa shape index (κ1) is 20.4. The molecule has 1 saturated heterocycles. The molecular weight excluding hydrogens is 381 g/mol. The summed E-state index contributed by atoms with van der Waals surface area (Å²) >= 11 is 0. The first-order chi connectivity index (χ1) is 14.5. The van der Waals surface area contributed by atoms with E-state index in [1.165, 1.54) is 0 Å². The number of hydrogen-bond acceptors (Lipinski definition) is 3. The Labute approximate surface area is 177 Å². The normalized spacial score (nSPS) is 16.9. The van der Waals surface area contributed by atoms with Crippen LogP contribution in [0.2, 0.25) is 0 Å². The zero-order chi connectivity index (χ0) is 21.1. The van der Waals surface area contributed by atoms with Gasteiger partial charge in [-0.2, -0.15) is 0 Å². The van der Waals surface area contributed by atoms with Crippen molar-refractivity contribution in [3.05, 3.63) is 65.5 Å². The van der Waals surface area contributed by atoms with E-state index in [0.717, 1.165) is 24.9 Å². The molecule has 1 aliphatic carbocycles. The third-order valence-electron chi connectivity index (χ3n) is 6.26. The van der Waals surface area contributed by atoms with E-state index in [9.17, 15) is 14.0 Å². The van der Waals surface area contributed by atoms with Gasteiger partial charge in [0.05, 0.1) is 0 Å². The number of amides is 2. The van der Waals surface area contributed by atoms with E-state index in [2.05, 4.69) is 4.90 Å². The molecule has 0 aromatic heterocycles. The zero-order valence-corrected chi connectivity index (χ0v) is 17.4. The predicted molar refractivity (Wildman–Crippen MR) is 115 cm³/mol. The minimum Gasteiger partial charge on any atom is -0.368 e. The maximum atomic E-state index is 15.0. The van der Waals surface area contributed by atoms with Gasteiger partial charge < -0.3 is 14.7 Å². The van der Waals surface area contributed by atoms with Crippen LogP contribution < -0.4 is 4.90 Å². The van der Waals surface area contributed by atoms with Gasteiger partial charge >= 0.3 is 0 Å². The monoisotopic (exact) mass is 409 g/mol. The van der Waals surface area contributed by atoms with Crippen molar-refractivity contribution in [2.45, 2.75) is 38.8 Å². The second kappa shape index (κ2) is 8.86. The second-order valence-electron chi connectivity index (χ2n) is 8.15. The Morgan fingerprint density at radius 1 is 1.03 bits per heavy atom. The third-order valence-corrected chi connectivity index (χ3v) is 6.26. The van der Waals surface area contributed by atoms with Crippen LogP contribution in [0.1, 0.15) is 42.1 Å². The Bertz CT molecular complexity index is 906. The van der Waals surface area contributed by atoms with Crippen molar-refractivity contribution >= 4 is 17.5 Å². The van der Waals surface area contributed by atoms with Crippen molar-refractivity contribution in [2.75, 3.05) is 31.1 Å². The Balaban J connectivity index is 1.48. The van der Waals surface area contributed by atoms with Gasteiger partial charge in [0.25, 0.3) is 5.91 Å². The van der Waals surface area contributed by atoms with Crippen LogP contribution in [-0.2, 0) is 11.3 Å². The van der Waals surface area contributed by atoms with Gasteiger partial charge in [0.1, 0.15) is 5.82 Å². The minimum atomic E-state index is -0.285.